The number of hydrogen-bond donors (Lipinski definition) is 0. The van der Waals surface area contributed by atoms with Crippen molar-refractivity contribution in [2.24, 2.45) is 0 Å². The van der Waals surface area contributed by atoms with Crippen LogP contribution in [0.5, 0.6) is 0 Å². The SMILES string of the molecule is CCOC(=O)CCCCCn1ccc(C(=O)C(F)(F)F)c1. The van der Waals surface area contributed by atoms with E-state index in [-0.39, 0.29) is 11.5 Å². The largest absolute Gasteiger partial charge is 0.466 e. The van der Waals surface area contributed by atoms with Crippen molar-refractivity contribution in [3.63, 3.8) is 0 Å². The lowest BCUT2D eigenvalue weighted by Crippen LogP contribution is -2.22. The van der Waals surface area contributed by atoms with E-state index >= 15 is 0 Å². The molecule has 0 aromatic carbocycles. The van der Waals surface area contributed by atoms with E-state index in [9.17, 15) is 22.8 Å². The maximum absolute atomic E-state index is 12.2. The van der Waals surface area contributed by atoms with Crippen molar-refractivity contribution in [1.29, 1.82) is 0 Å². The van der Waals surface area contributed by atoms with Gasteiger partial charge in [-0.2, -0.15) is 13.2 Å². The van der Waals surface area contributed by atoms with Crippen LogP contribution in [-0.2, 0) is 16.1 Å². The normalized spacial score (nSPS) is 11.4. The fourth-order valence-electron chi connectivity index (χ4n) is 1.85. The molecular weight excluding hydrogens is 287 g/mol. The highest BCUT2D eigenvalue weighted by molar-refractivity contribution is 6.00. The van der Waals surface area contributed by atoms with Crippen LogP contribution in [0.4, 0.5) is 13.2 Å². The summed E-state index contributed by atoms with van der Waals surface area (Å²) in [7, 11) is 0. The summed E-state index contributed by atoms with van der Waals surface area (Å²) < 4.78 is 43.0. The smallest absolute Gasteiger partial charge is 0.454 e. The molecule has 0 unspecified atom stereocenters. The number of ketones is 1. The Kier molecular flexibility index (Phi) is 6.45. The van der Waals surface area contributed by atoms with Crippen molar-refractivity contribution in [2.75, 3.05) is 6.61 Å². The fourth-order valence-corrected chi connectivity index (χ4v) is 1.85. The Labute approximate surface area is 120 Å². The highest BCUT2D eigenvalue weighted by Crippen LogP contribution is 2.21. The third-order valence-corrected chi connectivity index (χ3v) is 2.87. The fraction of sp³-hybridized carbons (Fsp3) is 0.571. The average molecular weight is 305 g/mol. The second kappa shape index (κ2) is 7.85. The molecule has 0 aliphatic heterocycles. The molecule has 7 heteroatoms. The summed E-state index contributed by atoms with van der Waals surface area (Å²) in [5.41, 5.74) is -0.353. The van der Waals surface area contributed by atoms with E-state index in [0.29, 0.717) is 32.4 Å². The number of Topliss-reactive ketones (excluding diaryl/α,β-unsaturated/α-hetero) is 1. The van der Waals surface area contributed by atoms with Crippen LogP contribution in [0.3, 0.4) is 0 Å². The molecule has 0 atom stereocenters. The van der Waals surface area contributed by atoms with E-state index in [0.717, 1.165) is 12.5 Å². The van der Waals surface area contributed by atoms with Gasteiger partial charge in [0.2, 0.25) is 0 Å². The van der Waals surface area contributed by atoms with Crippen LogP contribution in [0, 0.1) is 0 Å². The summed E-state index contributed by atoms with van der Waals surface area (Å²) in [5.74, 6) is -2.07. The molecule has 0 bridgehead atoms. The van der Waals surface area contributed by atoms with Gasteiger partial charge in [0.1, 0.15) is 0 Å². The standard InChI is InChI=1S/C14H18F3NO3/c1-2-21-12(19)6-4-3-5-8-18-9-7-11(10-18)13(20)14(15,16)17/h7,9-10H,2-6,8H2,1H3. The lowest BCUT2D eigenvalue weighted by atomic mass is 10.2. The van der Waals surface area contributed by atoms with Crippen LogP contribution in [0.1, 0.15) is 43.0 Å². The number of aryl methyl sites for hydroxylation is 1. The van der Waals surface area contributed by atoms with Crippen LogP contribution in [-0.4, -0.2) is 29.1 Å². The summed E-state index contributed by atoms with van der Waals surface area (Å²) in [5, 5.41) is 0. The third kappa shape index (κ3) is 6.01. The maximum atomic E-state index is 12.2. The van der Waals surface area contributed by atoms with Gasteiger partial charge < -0.3 is 9.30 Å². The van der Waals surface area contributed by atoms with Crippen LogP contribution in [0.15, 0.2) is 18.5 Å². The summed E-state index contributed by atoms with van der Waals surface area (Å²) in [6.07, 6.45) is 0.302. The lowest BCUT2D eigenvalue weighted by molar-refractivity contribution is -0.143. The number of hydrogen-bond acceptors (Lipinski definition) is 3. The Bertz CT molecular complexity index is 480. The van der Waals surface area contributed by atoms with Crippen molar-refractivity contribution >= 4 is 11.8 Å². The monoisotopic (exact) mass is 305 g/mol. The number of esters is 1. The number of ether oxygens (including phenoxy) is 1. The number of nitrogens with zero attached hydrogens (tertiary/aromatic N) is 1. The second-order valence-corrected chi connectivity index (χ2v) is 4.58. The Morgan fingerprint density at radius 2 is 1.95 bits per heavy atom. The number of unbranched alkanes of at least 4 members (excludes halogenated alkanes) is 2. The minimum absolute atomic E-state index is 0.239. The molecule has 0 N–H and O–H groups in total. The first-order valence-electron chi connectivity index (χ1n) is 6.77. The summed E-state index contributed by atoms with van der Waals surface area (Å²) in [6, 6.07) is 1.16. The number of carbonyl (C=O) groups excluding carboxylic acids is 2. The van der Waals surface area contributed by atoms with Gasteiger partial charge in [-0.25, -0.2) is 0 Å². The van der Waals surface area contributed by atoms with Crippen molar-refractivity contribution in [3.8, 4) is 0 Å². The molecule has 0 aliphatic carbocycles. The van der Waals surface area contributed by atoms with Gasteiger partial charge in [-0.15, -0.1) is 0 Å². The van der Waals surface area contributed by atoms with Crippen molar-refractivity contribution in [1.82, 2.24) is 4.57 Å². The second-order valence-electron chi connectivity index (χ2n) is 4.58. The Hall–Kier alpha value is -1.79. The maximum Gasteiger partial charge on any atom is 0.454 e. The molecule has 1 rings (SSSR count). The first-order chi connectivity index (χ1) is 9.84. The van der Waals surface area contributed by atoms with E-state index in [1.165, 1.54) is 12.4 Å². The summed E-state index contributed by atoms with van der Waals surface area (Å²) in [4.78, 5) is 22.1. The number of rotatable bonds is 8. The van der Waals surface area contributed by atoms with Crippen LogP contribution in [0.2, 0.25) is 0 Å². The highest BCUT2D eigenvalue weighted by Gasteiger charge is 2.39. The summed E-state index contributed by atoms with van der Waals surface area (Å²) in [6.45, 7) is 2.61. The third-order valence-electron chi connectivity index (χ3n) is 2.87. The molecule has 0 saturated carbocycles. The Morgan fingerprint density at radius 1 is 1.24 bits per heavy atom. The molecule has 0 fully saturated rings. The highest BCUT2D eigenvalue weighted by atomic mass is 19.4. The van der Waals surface area contributed by atoms with Gasteiger partial charge in [0.25, 0.3) is 5.78 Å². The zero-order chi connectivity index (χ0) is 15.9. The molecule has 0 radical (unpaired) electrons. The van der Waals surface area contributed by atoms with E-state index in [1.807, 2.05) is 0 Å². The van der Waals surface area contributed by atoms with Crippen molar-refractivity contribution < 1.29 is 27.5 Å². The molecule has 0 spiro atoms. The van der Waals surface area contributed by atoms with Gasteiger partial charge in [-0.1, -0.05) is 6.42 Å². The number of alkyl halides is 3. The quantitative estimate of drug-likeness (QED) is 0.420. The molecule has 1 heterocycles. The average Bonchev–Trinajstić information content (AvgIpc) is 2.85. The first kappa shape index (κ1) is 17.3. The minimum atomic E-state index is -4.84. The zero-order valence-corrected chi connectivity index (χ0v) is 11.8. The zero-order valence-electron chi connectivity index (χ0n) is 11.8. The van der Waals surface area contributed by atoms with Gasteiger partial charge in [-0.05, 0) is 25.8 Å². The molecule has 4 nitrogen and oxygen atoms in total. The van der Waals surface area contributed by atoms with Gasteiger partial charge in [0, 0.05) is 30.9 Å². The minimum Gasteiger partial charge on any atom is -0.466 e. The predicted octanol–water partition coefficient (Wildman–Crippen LogP) is 3.36. The van der Waals surface area contributed by atoms with Crippen LogP contribution >= 0.6 is 0 Å². The molecule has 0 saturated heterocycles. The van der Waals surface area contributed by atoms with Crippen molar-refractivity contribution in [3.05, 3.63) is 24.0 Å². The van der Waals surface area contributed by atoms with Gasteiger partial charge in [0.15, 0.2) is 0 Å². The number of carbonyl (C=O) groups is 2. The van der Waals surface area contributed by atoms with Gasteiger partial charge >= 0.3 is 12.1 Å². The van der Waals surface area contributed by atoms with Gasteiger partial charge in [0.05, 0.1) is 6.61 Å². The topological polar surface area (TPSA) is 48.3 Å². The van der Waals surface area contributed by atoms with E-state index in [2.05, 4.69) is 0 Å². The molecule has 0 amide bonds. The van der Waals surface area contributed by atoms with Crippen molar-refractivity contribution in [2.45, 2.75) is 45.3 Å². The summed E-state index contributed by atoms with van der Waals surface area (Å²) >= 11 is 0. The molecule has 1 aromatic heterocycles. The number of halogens is 3. The van der Waals surface area contributed by atoms with E-state index < -0.39 is 12.0 Å². The predicted molar refractivity (Wildman–Crippen MR) is 69.9 cm³/mol. The molecule has 1 aromatic rings. The first-order valence-corrected chi connectivity index (χ1v) is 6.77. The lowest BCUT2D eigenvalue weighted by Gasteiger charge is -2.04. The van der Waals surface area contributed by atoms with Crippen LogP contribution in [0.25, 0.3) is 0 Å². The van der Waals surface area contributed by atoms with E-state index in [1.54, 1.807) is 11.5 Å². The molecule has 118 valence electrons. The van der Waals surface area contributed by atoms with Gasteiger partial charge in [-0.3, -0.25) is 9.59 Å². The van der Waals surface area contributed by atoms with Crippen LogP contribution < -0.4 is 0 Å². The van der Waals surface area contributed by atoms with E-state index in [4.69, 9.17) is 4.74 Å². The molecular formula is C14H18F3NO3. The molecule has 21 heavy (non-hydrogen) atoms. The Morgan fingerprint density at radius 3 is 2.57 bits per heavy atom. The molecule has 0 aliphatic rings. The Balaban J connectivity index is 2.30. The number of aromatic nitrogens is 1.